The third-order valence-electron chi connectivity index (χ3n) is 4.10. The third kappa shape index (κ3) is 4.12. The highest BCUT2D eigenvalue weighted by Gasteiger charge is 2.25. The Morgan fingerprint density at radius 1 is 1.39 bits per heavy atom. The summed E-state index contributed by atoms with van der Waals surface area (Å²) >= 11 is 0. The molecule has 1 radical (unpaired) electrons. The summed E-state index contributed by atoms with van der Waals surface area (Å²) in [5.74, 6) is 0.752. The number of allylic oxidation sites excluding steroid dienone is 2. The van der Waals surface area contributed by atoms with E-state index in [4.69, 9.17) is 0 Å². The van der Waals surface area contributed by atoms with Gasteiger partial charge in [0.05, 0.1) is 0 Å². The van der Waals surface area contributed by atoms with Crippen molar-refractivity contribution in [2.24, 2.45) is 0 Å². The zero-order valence-electron chi connectivity index (χ0n) is 13.0. The molecule has 0 spiro atoms. The van der Waals surface area contributed by atoms with Crippen LogP contribution in [0.4, 0.5) is 4.39 Å². The van der Waals surface area contributed by atoms with Crippen molar-refractivity contribution in [1.82, 2.24) is 15.5 Å². The van der Waals surface area contributed by atoms with Crippen molar-refractivity contribution in [3.63, 3.8) is 0 Å². The van der Waals surface area contributed by atoms with Crippen LogP contribution in [0.3, 0.4) is 0 Å². The van der Waals surface area contributed by atoms with E-state index in [1.807, 2.05) is 23.1 Å². The number of dihydropyridines is 1. The van der Waals surface area contributed by atoms with E-state index in [1.54, 1.807) is 12.1 Å². The summed E-state index contributed by atoms with van der Waals surface area (Å²) in [4.78, 5) is 13.9. The molecule has 2 N–H and O–H groups in total. The Kier molecular flexibility index (Phi) is 4.95. The molecule has 1 aromatic carbocycles. The number of hydrogen-bond donors (Lipinski definition) is 2. The number of hydrogen-bond acceptors (Lipinski definition) is 3. The first-order valence-electron chi connectivity index (χ1n) is 8.07. The Hall–Kier alpha value is -2.30. The average Bonchev–Trinajstić information content (AvgIpc) is 2.56. The lowest BCUT2D eigenvalue weighted by atomic mass is 10.1. The maximum atomic E-state index is 13.1. The lowest BCUT2D eigenvalue weighted by molar-refractivity contribution is -0.135. The van der Waals surface area contributed by atoms with Crippen LogP contribution >= 0.6 is 0 Å². The summed E-state index contributed by atoms with van der Waals surface area (Å²) in [6, 6.07) is 6.62. The number of carbonyl (C=O) groups is 1. The minimum Gasteiger partial charge on any atom is -0.371 e. The van der Waals surface area contributed by atoms with Crippen LogP contribution in [0.25, 0.3) is 0 Å². The largest absolute Gasteiger partial charge is 0.371 e. The third-order valence-corrected chi connectivity index (χ3v) is 4.10. The molecule has 0 aliphatic carbocycles. The zero-order valence-corrected chi connectivity index (χ0v) is 13.0. The van der Waals surface area contributed by atoms with Gasteiger partial charge in [0.25, 0.3) is 0 Å². The molecule has 0 saturated carbocycles. The summed E-state index contributed by atoms with van der Waals surface area (Å²) < 4.78 is 13.1. The van der Waals surface area contributed by atoms with Crippen molar-refractivity contribution in [2.45, 2.75) is 31.8 Å². The molecular weight excluding hydrogens is 293 g/mol. The van der Waals surface area contributed by atoms with Gasteiger partial charge in [0.15, 0.2) is 0 Å². The smallest absolute Gasteiger partial charge is 0.224 e. The van der Waals surface area contributed by atoms with Crippen LogP contribution in [0, 0.1) is 11.9 Å². The molecule has 1 saturated heterocycles. The van der Waals surface area contributed by atoms with Crippen molar-refractivity contribution in [3.8, 4) is 0 Å². The highest BCUT2D eigenvalue weighted by molar-refractivity contribution is 5.77. The van der Waals surface area contributed by atoms with E-state index in [-0.39, 0.29) is 17.9 Å². The summed E-state index contributed by atoms with van der Waals surface area (Å²) in [6.07, 6.45) is 10.2. The molecule has 5 heteroatoms. The van der Waals surface area contributed by atoms with Crippen LogP contribution in [0.15, 0.2) is 42.2 Å². The minimum absolute atomic E-state index is 0.110. The number of halogens is 1. The van der Waals surface area contributed by atoms with Crippen LogP contribution in [-0.4, -0.2) is 30.1 Å². The van der Waals surface area contributed by atoms with E-state index in [9.17, 15) is 9.18 Å². The number of carbonyl (C=O) groups excluding carboxylic acids is 1. The molecule has 1 amide bonds. The van der Waals surface area contributed by atoms with Gasteiger partial charge in [-0.1, -0.05) is 18.2 Å². The fourth-order valence-electron chi connectivity index (χ4n) is 2.89. The molecule has 4 nitrogen and oxygen atoms in total. The highest BCUT2D eigenvalue weighted by Crippen LogP contribution is 2.15. The standard InChI is InChI=1S/C18H21FN3O/c19-15-6-3-5-14(13-15)10-11-20-16-7-4-8-17(21-16)22-12-2-1-9-18(22)23/h3-6,8,13,17,20-21H,1-2,9-12H2. The number of benzene rings is 1. The van der Waals surface area contributed by atoms with Crippen LogP contribution in [0.1, 0.15) is 24.8 Å². The fourth-order valence-corrected chi connectivity index (χ4v) is 2.89. The second kappa shape index (κ2) is 7.31. The molecule has 1 unspecified atom stereocenters. The predicted molar refractivity (Wildman–Crippen MR) is 86.5 cm³/mol. The molecule has 121 valence electrons. The van der Waals surface area contributed by atoms with Gasteiger partial charge in [0, 0.05) is 25.6 Å². The van der Waals surface area contributed by atoms with Gasteiger partial charge in [0.1, 0.15) is 17.8 Å². The Balaban J connectivity index is 1.50. The fraction of sp³-hybridized carbons (Fsp3) is 0.389. The van der Waals surface area contributed by atoms with Crippen molar-refractivity contribution in [1.29, 1.82) is 0 Å². The molecule has 1 atom stereocenters. The quantitative estimate of drug-likeness (QED) is 0.875. The van der Waals surface area contributed by atoms with Gasteiger partial charge in [-0.05, 0) is 43.0 Å². The van der Waals surface area contributed by atoms with Gasteiger partial charge in [-0.25, -0.2) is 4.39 Å². The second-order valence-corrected chi connectivity index (χ2v) is 5.82. The van der Waals surface area contributed by atoms with E-state index in [0.717, 1.165) is 37.2 Å². The van der Waals surface area contributed by atoms with Crippen LogP contribution in [0.5, 0.6) is 0 Å². The number of nitrogens with zero attached hydrogens (tertiary/aromatic N) is 1. The number of amides is 1. The maximum Gasteiger partial charge on any atom is 0.224 e. The van der Waals surface area contributed by atoms with Gasteiger partial charge in [-0.3, -0.25) is 4.79 Å². The number of rotatable bonds is 5. The van der Waals surface area contributed by atoms with E-state index < -0.39 is 0 Å². The number of nitrogens with one attached hydrogen (secondary N) is 2. The number of likely N-dealkylation sites (tertiary alicyclic amines) is 1. The molecule has 2 heterocycles. The van der Waals surface area contributed by atoms with Crippen LogP contribution in [0.2, 0.25) is 0 Å². The first-order valence-corrected chi connectivity index (χ1v) is 8.07. The summed E-state index contributed by atoms with van der Waals surface area (Å²) in [5.41, 5.74) is 0.951. The summed E-state index contributed by atoms with van der Waals surface area (Å²) in [5, 5.41) is 6.55. The lowest BCUT2D eigenvalue weighted by Gasteiger charge is -2.35. The maximum absolute atomic E-state index is 13.1. The van der Waals surface area contributed by atoms with E-state index in [0.29, 0.717) is 13.0 Å². The SMILES string of the molecule is O=C1CCCCN1C1C=C[C]=C(NCCc2cccc(F)c2)N1. The van der Waals surface area contributed by atoms with Crippen molar-refractivity contribution >= 4 is 5.91 Å². The molecule has 2 aliphatic heterocycles. The predicted octanol–water partition coefficient (Wildman–Crippen LogP) is 2.10. The summed E-state index contributed by atoms with van der Waals surface area (Å²) in [7, 11) is 0. The minimum atomic E-state index is -0.212. The second-order valence-electron chi connectivity index (χ2n) is 5.82. The van der Waals surface area contributed by atoms with Gasteiger partial charge in [0.2, 0.25) is 5.91 Å². The molecule has 0 aromatic heterocycles. The molecule has 3 rings (SSSR count). The molecule has 0 bridgehead atoms. The van der Waals surface area contributed by atoms with Gasteiger partial charge >= 0.3 is 0 Å². The zero-order chi connectivity index (χ0) is 16.1. The average molecular weight is 314 g/mol. The lowest BCUT2D eigenvalue weighted by Crippen LogP contribution is -2.51. The summed E-state index contributed by atoms with van der Waals surface area (Å²) in [6.45, 7) is 1.46. The Morgan fingerprint density at radius 2 is 2.30 bits per heavy atom. The van der Waals surface area contributed by atoms with Crippen molar-refractivity contribution < 1.29 is 9.18 Å². The van der Waals surface area contributed by atoms with Crippen LogP contribution < -0.4 is 10.6 Å². The van der Waals surface area contributed by atoms with Crippen molar-refractivity contribution in [3.05, 3.63) is 59.7 Å². The Morgan fingerprint density at radius 3 is 3.13 bits per heavy atom. The topological polar surface area (TPSA) is 44.4 Å². The van der Waals surface area contributed by atoms with E-state index >= 15 is 0 Å². The van der Waals surface area contributed by atoms with Gasteiger partial charge < -0.3 is 15.5 Å². The van der Waals surface area contributed by atoms with E-state index in [1.165, 1.54) is 6.07 Å². The van der Waals surface area contributed by atoms with Crippen molar-refractivity contribution in [2.75, 3.05) is 13.1 Å². The van der Waals surface area contributed by atoms with E-state index in [2.05, 4.69) is 16.7 Å². The molecule has 2 aliphatic rings. The Labute approximate surface area is 136 Å². The number of piperidine rings is 1. The molecule has 1 fully saturated rings. The first kappa shape index (κ1) is 15.6. The normalized spacial score (nSPS) is 20.9. The first-order chi connectivity index (χ1) is 11.2. The van der Waals surface area contributed by atoms with Crippen LogP contribution in [-0.2, 0) is 11.2 Å². The highest BCUT2D eigenvalue weighted by atomic mass is 19.1. The molecule has 23 heavy (non-hydrogen) atoms. The Bertz CT molecular complexity index is 626. The molecular formula is C18H21FN3O. The monoisotopic (exact) mass is 314 g/mol. The molecule has 1 aromatic rings. The van der Waals surface area contributed by atoms with Gasteiger partial charge in [-0.2, -0.15) is 0 Å². The van der Waals surface area contributed by atoms with Gasteiger partial charge in [-0.15, -0.1) is 0 Å².